The van der Waals surface area contributed by atoms with E-state index >= 15 is 0 Å². The Morgan fingerprint density at radius 3 is 2.76 bits per heavy atom. The minimum absolute atomic E-state index is 0.0513. The van der Waals surface area contributed by atoms with Gasteiger partial charge in [-0.25, -0.2) is 4.98 Å². The summed E-state index contributed by atoms with van der Waals surface area (Å²) in [4.78, 5) is 14.9. The van der Waals surface area contributed by atoms with Gasteiger partial charge in [0.25, 0.3) is 0 Å². The van der Waals surface area contributed by atoms with Gasteiger partial charge in [-0.05, 0) is 34.5 Å². The van der Waals surface area contributed by atoms with Gasteiger partial charge in [0.15, 0.2) is 0 Å². The van der Waals surface area contributed by atoms with Crippen molar-refractivity contribution in [2.24, 2.45) is 0 Å². The standard InChI is InChI=1S/C26H23N5O2/c1-32-21-10-6-17(7-11-21)14-31-15-23-22(27-16-28-23)13-24(31)26-29-25(30-33-26)20-9-8-18-4-2-3-5-19(18)12-20/h2-12,16,24H,13-15H2,1H3,(H,27,28)/t24-/m0/s1. The Hall–Kier alpha value is -3.97. The van der Waals surface area contributed by atoms with Crippen LogP contribution in [-0.4, -0.2) is 32.1 Å². The van der Waals surface area contributed by atoms with Crippen molar-refractivity contribution in [3.8, 4) is 17.1 Å². The van der Waals surface area contributed by atoms with Crippen molar-refractivity contribution >= 4 is 10.8 Å². The third-order valence-corrected chi connectivity index (χ3v) is 6.28. The van der Waals surface area contributed by atoms with Gasteiger partial charge in [-0.3, -0.25) is 4.90 Å². The average molecular weight is 438 g/mol. The molecule has 0 spiro atoms. The molecule has 0 aliphatic carbocycles. The topological polar surface area (TPSA) is 80.1 Å². The summed E-state index contributed by atoms with van der Waals surface area (Å²) in [5, 5.41) is 6.66. The molecule has 6 rings (SSSR count). The van der Waals surface area contributed by atoms with Crippen LogP contribution in [0.1, 0.15) is 28.9 Å². The highest BCUT2D eigenvalue weighted by molar-refractivity contribution is 5.86. The molecule has 1 atom stereocenters. The quantitative estimate of drug-likeness (QED) is 0.420. The molecule has 2 aromatic heterocycles. The van der Waals surface area contributed by atoms with Crippen LogP contribution in [0.15, 0.2) is 77.6 Å². The van der Waals surface area contributed by atoms with Gasteiger partial charge < -0.3 is 14.2 Å². The molecular formula is C26H23N5O2. The van der Waals surface area contributed by atoms with E-state index in [9.17, 15) is 0 Å². The Bertz CT molecular complexity index is 1410. The Morgan fingerprint density at radius 1 is 1.06 bits per heavy atom. The number of aromatic nitrogens is 4. The molecule has 0 saturated heterocycles. The van der Waals surface area contributed by atoms with E-state index < -0.39 is 0 Å². The van der Waals surface area contributed by atoms with E-state index in [-0.39, 0.29) is 6.04 Å². The summed E-state index contributed by atoms with van der Waals surface area (Å²) in [7, 11) is 1.68. The van der Waals surface area contributed by atoms with Crippen LogP contribution in [0.4, 0.5) is 0 Å². The lowest BCUT2D eigenvalue weighted by Gasteiger charge is -2.32. The summed E-state index contributed by atoms with van der Waals surface area (Å²) in [6.45, 7) is 1.49. The normalized spacial score (nSPS) is 16.1. The lowest BCUT2D eigenvalue weighted by atomic mass is 10.0. The van der Waals surface area contributed by atoms with Crippen LogP contribution < -0.4 is 4.74 Å². The summed E-state index contributed by atoms with van der Waals surface area (Å²) in [5.74, 6) is 2.06. The number of rotatable bonds is 5. The van der Waals surface area contributed by atoms with Crippen molar-refractivity contribution in [3.05, 3.63) is 95.9 Å². The fourth-order valence-electron chi connectivity index (χ4n) is 4.48. The minimum atomic E-state index is -0.0513. The van der Waals surface area contributed by atoms with Gasteiger partial charge in [-0.2, -0.15) is 4.98 Å². The Morgan fingerprint density at radius 2 is 1.91 bits per heavy atom. The lowest BCUT2D eigenvalue weighted by Crippen LogP contribution is -2.34. The predicted molar refractivity (Wildman–Crippen MR) is 125 cm³/mol. The SMILES string of the molecule is COc1ccc(CN2Cc3[nH]cnc3C[C@H]2c2nc(-c3ccc4ccccc4c3)no2)cc1. The molecule has 1 aliphatic heterocycles. The summed E-state index contributed by atoms with van der Waals surface area (Å²) in [6, 6.07) is 22.6. The van der Waals surface area contributed by atoms with E-state index in [4.69, 9.17) is 14.2 Å². The molecule has 7 nitrogen and oxygen atoms in total. The molecule has 33 heavy (non-hydrogen) atoms. The van der Waals surface area contributed by atoms with E-state index in [0.717, 1.165) is 41.2 Å². The first-order chi connectivity index (χ1) is 16.3. The van der Waals surface area contributed by atoms with Crippen LogP contribution in [-0.2, 0) is 19.5 Å². The van der Waals surface area contributed by atoms with Gasteiger partial charge in [0.2, 0.25) is 11.7 Å². The Kier molecular flexibility index (Phi) is 4.88. The van der Waals surface area contributed by atoms with Gasteiger partial charge in [-0.1, -0.05) is 53.7 Å². The molecule has 0 bridgehead atoms. The number of hydrogen-bond acceptors (Lipinski definition) is 6. The molecule has 0 saturated carbocycles. The maximum Gasteiger partial charge on any atom is 0.244 e. The summed E-state index contributed by atoms with van der Waals surface area (Å²) in [6.07, 6.45) is 2.47. The average Bonchev–Trinajstić information content (AvgIpc) is 3.53. The molecule has 0 unspecified atom stereocenters. The molecule has 5 aromatic rings. The third kappa shape index (κ3) is 3.76. The van der Waals surface area contributed by atoms with Crippen molar-refractivity contribution in [1.82, 2.24) is 25.0 Å². The maximum atomic E-state index is 5.81. The van der Waals surface area contributed by atoms with E-state index in [0.29, 0.717) is 18.1 Å². The number of nitrogens with one attached hydrogen (secondary N) is 1. The number of aromatic amines is 1. The maximum absolute atomic E-state index is 5.81. The van der Waals surface area contributed by atoms with Crippen molar-refractivity contribution in [2.45, 2.75) is 25.6 Å². The van der Waals surface area contributed by atoms with Crippen molar-refractivity contribution in [2.75, 3.05) is 7.11 Å². The summed E-state index contributed by atoms with van der Waals surface area (Å²) in [5.41, 5.74) is 4.32. The Labute approximate surface area is 191 Å². The number of imidazole rings is 1. The zero-order valence-electron chi connectivity index (χ0n) is 18.2. The smallest absolute Gasteiger partial charge is 0.244 e. The largest absolute Gasteiger partial charge is 0.497 e. The number of fused-ring (bicyclic) bond motifs is 2. The highest BCUT2D eigenvalue weighted by atomic mass is 16.5. The number of methoxy groups -OCH3 is 1. The monoisotopic (exact) mass is 437 g/mol. The first kappa shape index (κ1) is 19.7. The highest BCUT2D eigenvalue weighted by Crippen LogP contribution is 2.34. The molecule has 7 heteroatoms. The van der Waals surface area contributed by atoms with Crippen molar-refractivity contribution < 1.29 is 9.26 Å². The number of nitrogens with zero attached hydrogens (tertiary/aromatic N) is 4. The van der Waals surface area contributed by atoms with E-state index in [1.165, 1.54) is 10.9 Å². The van der Waals surface area contributed by atoms with Gasteiger partial charge in [0.05, 0.1) is 30.9 Å². The molecular weight excluding hydrogens is 414 g/mol. The second-order valence-corrected chi connectivity index (χ2v) is 8.32. The lowest BCUT2D eigenvalue weighted by molar-refractivity contribution is 0.128. The third-order valence-electron chi connectivity index (χ3n) is 6.28. The van der Waals surface area contributed by atoms with E-state index in [1.54, 1.807) is 13.4 Å². The van der Waals surface area contributed by atoms with Gasteiger partial charge in [0.1, 0.15) is 5.75 Å². The number of benzene rings is 3. The fraction of sp³-hybridized carbons (Fsp3) is 0.192. The second-order valence-electron chi connectivity index (χ2n) is 8.32. The fourth-order valence-corrected chi connectivity index (χ4v) is 4.48. The van der Waals surface area contributed by atoms with Crippen LogP contribution in [0, 0.1) is 0 Å². The first-order valence-electron chi connectivity index (χ1n) is 11.0. The van der Waals surface area contributed by atoms with Crippen LogP contribution in [0.5, 0.6) is 5.75 Å². The zero-order chi connectivity index (χ0) is 22.2. The van der Waals surface area contributed by atoms with Crippen LogP contribution in [0.2, 0.25) is 0 Å². The minimum Gasteiger partial charge on any atom is -0.497 e. The summed E-state index contributed by atoms with van der Waals surface area (Å²) < 4.78 is 11.1. The molecule has 0 radical (unpaired) electrons. The summed E-state index contributed by atoms with van der Waals surface area (Å²) >= 11 is 0. The highest BCUT2D eigenvalue weighted by Gasteiger charge is 2.33. The van der Waals surface area contributed by atoms with Crippen LogP contribution in [0.25, 0.3) is 22.2 Å². The van der Waals surface area contributed by atoms with Gasteiger partial charge in [0, 0.05) is 25.1 Å². The molecule has 1 aliphatic rings. The number of hydrogen-bond donors (Lipinski definition) is 1. The van der Waals surface area contributed by atoms with E-state index in [1.807, 2.05) is 30.3 Å². The predicted octanol–water partition coefficient (Wildman–Crippen LogP) is 4.92. The molecule has 1 N–H and O–H groups in total. The molecule has 3 aromatic carbocycles. The number of H-pyrrole nitrogens is 1. The van der Waals surface area contributed by atoms with Crippen LogP contribution >= 0.6 is 0 Å². The van der Waals surface area contributed by atoms with Gasteiger partial charge in [-0.15, -0.1) is 0 Å². The van der Waals surface area contributed by atoms with Crippen LogP contribution in [0.3, 0.4) is 0 Å². The first-order valence-corrected chi connectivity index (χ1v) is 11.0. The Balaban J connectivity index is 1.31. The number of ether oxygens (including phenoxy) is 1. The zero-order valence-corrected chi connectivity index (χ0v) is 18.2. The van der Waals surface area contributed by atoms with Gasteiger partial charge >= 0.3 is 0 Å². The second kappa shape index (κ2) is 8.18. The molecule has 164 valence electrons. The van der Waals surface area contributed by atoms with Crippen molar-refractivity contribution in [3.63, 3.8) is 0 Å². The molecule has 0 amide bonds. The molecule has 0 fully saturated rings. The van der Waals surface area contributed by atoms with Crippen molar-refractivity contribution in [1.29, 1.82) is 0 Å². The van der Waals surface area contributed by atoms with E-state index in [2.05, 4.69) is 56.4 Å². The molecule has 3 heterocycles.